The maximum Gasteiger partial charge on any atom is 0.311 e. The van der Waals surface area contributed by atoms with Gasteiger partial charge in [-0.15, -0.1) is 0 Å². The minimum Gasteiger partial charge on any atom is -0.504 e. The lowest BCUT2D eigenvalue weighted by atomic mass is 9.96. The fourth-order valence-corrected chi connectivity index (χ4v) is 1.32. The van der Waals surface area contributed by atoms with Crippen LogP contribution in [0, 0.1) is 0 Å². The Morgan fingerprint density at radius 1 is 1.27 bits per heavy atom. The summed E-state index contributed by atoms with van der Waals surface area (Å²) in [6.45, 7) is -0.251. The summed E-state index contributed by atoms with van der Waals surface area (Å²) in [6, 6.07) is 3.81. The summed E-state index contributed by atoms with van der Waals surface area (Å²) in [5, 5.41) is 35.8. The number of carbonyl (C=O) groups is 1. The van der Waals surface area contributed by atoms with E-state index in [0.29, 0.717) is 5.56 Å². The van der Waals surface area contributed by atoms with E-state index in [9.17, 15) is 9.90 Å². The Hall–Kier alpha value is -1.75. The first kappa shape index (κ1) is 11.3. The first-order valence-corrected chi connectivity index (χ1v) is 4.41. The van der Waals surface area contributed by atoms with Crippen molar-refractivity contribution in [1.29, 1.82) is 0 Å². The van der Waals surface area contributed by atoms with Crippen LogP contribution in [0.5, 0.6) is 11.5 Å². The average molecular weight is 212 g/mol. The molecule has 0 fully saturated rings. The van der Waals surface area contributed by atoms with E-state index in [2.05, 4.69) is 0 Å². The topological polar surface area (TPSA) is 98.0 Å². The van der Waals surface area contributed by atoms with Gasteiger partial charge in [-0.1, -0.05) is 6.07 Å². The van der Waals surface area contributed by atoms with Crippen LogP contribution < -0.4 is 0 Å². The Labute approximate surface area is 86.2 Å². The minimum atomic E-state index is -1.07. The van der Waals surface area contributed by atoms with E-state index >= 15 is 0 Å². The van der Waals surface area contributed by atoms with Crippen molar-refractivity contribution in [2.45, 2.75) is 12.3 Å². The number of aliphatic carboxylic acids is 1. The molecule has 5 heteroatoms. The van der Waals surface area contributed by atoms with Gasteiger partial charge in [0.1, 0.15) is 0 Å². The van der Waals surface area contributed by atoms with Gasteiger partial charge in [0, 0.05) is 6.61 Å². The molecule has 0 aliphatic carbocycles. The zero-order valence-corrected chi connectivity index (χ0v) is 7.92. The second kappa shape index (κ2) is 4.65. The van der Waals surface area contributed by atoms with Crippen LogP contribution in [-0.2, 0) is 4.79 Å². The number of phenolic OH excluding ortho intramolecular Hbond substituents is 2. The Balaban J connectivity index is 3.01. The standard InChI is InChI=1S/C10H12O5/c11-4-3-7(10(14)15)6-1-2-8(12)9(13)5-6/h1-2,5,7,11-13H,3-4H2,(H,14,15). The van der Waals surface area contributed by atoms with Crippen molar-refractivity contribution >= 4 is 5.97 Å². The predicted molar refractivity (Wildman–Crippen MR) is 51.9 cm³/mol. The van der Waals surface area contributed by atoms with Crippen LogP contribution in [0.1, 0.15) is 17.9 Å². The van der Waals surface area contributed by atoms with Gasteiger partial charge in [-0.2, -0.15) is 0 Å². The largest absolute Gasteiger partial charge is 0.504 e. The Morgan fingerprint density at radius 3 is 2.40 bits per heavy atom. The first-order valence-electron chi connectivity index (χ1n) is 4.41. The smallest absolute Gasteiger partial charge is 0.311 e. The summed E-state index contributed by atoms with van der Waals surface area (Å²) in [5.41, 5.74) is 0.354. The molecule has 0 saturated carbocycles. The predicted octanol–water partition coefficient (Wildman–Crippen LogP) is 0.648. The Bertz CT molecular complexity index is 361. The molecule has 1 rings (SSSR count). The van der Waals surface area contributed by atoms with Gasteiger partial charge in [-0.25, -0.2) is 0 Å². The molecule has 1 unspecified atom stereocenters. The van der Waals surface area contributed by atoms with E-state index in [0.717, 1.165) is 0 Å². The molecule has 5 nitrogen and oxygen atoms in total. The number of rotatable bonds is 4. The number of aliphatic hydroxyl groups excluding tert-OH is 1. The molecule has 0 bridgehead atoms. The minimum absolute atomic E-state index is 0.0690. The van der Waals surface area contributed by atoms with Gasteiger partial charge in [0.2, 0.25) is 0 Å². The van der Waals surface area contributed by atoms with Gasteiger partial charge >= 0.3 is 5.97 Å². The molecule has 0 heterocycles. The molecule has 1 atom stereocenters. The van der Waals surface area contributed by atoms with E-state index in [4.69, 9.17) is 15.3 Å². The zero-order valence-electron chi connectivity index (χ0n) is 7.92. The van der Waals surface area contributed by atoms with Crippen molar-refractivity contribution in [2.75, 3.05) is 6.61 Å². The number of hydrogen-bond acceptors (Lipinski definition) is 4. The maximum atomic E-state index is 10.8. The highest BCUT2D eigenvalue weighted by molar-refractivity contribution is 5.76. The van der Waals surface area contributed by atoms with E-state index in [1.165, 1.54) is 18.2 Å². The summed E-state index contributed by atoms with van der Waals surface area (Å²) in [6.07, 6.45) is 0.0690. The average Bonchev–Trinajstić information content (AvgIpc) is 2.18. The summed E-state index contributed by atoms with van der Waals surface area (Å²) >= 11 is 0. The SMILES string of the molecule is O=C(O)C(CCO)c1ccc(O)c(O)c1. The molecule has 0 amide bonds. The monoisotopic (exact) mass is 212 g/mol. The lowest BCUT2D eigenvalue weighted by Gasteiger charge is -2.11. The normalized spacial score (nSPS) is 12.3. The van der Waals surface area contributed by atoms with Gasteiger partial charge in [0.15, 0.2) is 11.5 Å². The maximum absolute atomic E-state index is 10.8. The molecule has 0 aromatic heterocycles. The van der Waals surface area contributed by atoms with Crippen LogP contribution in [0.15, 0.2) is 18.2 Å². The summed E-state index contributed by atoms with van der Waals surface area (Å²) in [7, 11) is 0. The van der Waals surface area contributed by atoms with Gasteiger partial charge in [0.05, 0.1) is 5.92 Å². The number of aliphatic hydroxyl groups is 1. The van der Waals surface area contributed by atoms with E-state index < -0.39 is 11.9 Å². The molecule has 1 aromatic carbocycles. The van der Waals surface area contributed by atoms with Crippen LogP contribution in [0.4, 0.5) is 0 Å². The molecule has 4 N–H and O–H groups in total. The van der Waals surface area contributed by atoms with Crippen molar-refractivity contribution in [3.8, 4) is 11.5 Å². The Morgan fingerprint density at radius 2 is 1.93 bits per heavy atom. The number of aromatic hydroxyl groups is 2. The van der Waals surface area contributed by atoms with Crippen molar-refractivity contribution < 1.29 is 25.2 Å². The first-order chi connectivity index (χ1) is 7.06. The van der Waals surface area contributed by atoms with E-state index in [1.54, 1.807) is 0 Å². The number of carboxylic acids is 1. The van der Waals surface area contributed by atoms with E-state index in [-0.39, 0.29) is 24.5 Å². The summed E-state index contributed by atoms with van der Waals surface area (Å²) in [5.74, 6) is -2.61. The molecule has 82 valence electrons. The molecule has 0 saturated heterocycles. The molecule has 0 spiro atoms. The van der Waals surface area contributed by atoms with Gasteiger partial charge in [-0.05, 0) is 24.1 Å². The molecular weight excluding hydrogens is 200 g/mol. The van der Waals surface area contributed by atoms with Crippen molar-refractivity contribution in [2.24, 2.45) is 0 Å². The summed E-state index contributed by atoms with van der Waals surface area (Å²) < 4.78 is 0. The lowest BCUT2D eigenvalue weighted by molar-refractivity contribution is -0.139. The van der Waals surface area contributed by atoms with Gasteiger partial charge in [-0.3, -0.25) is 4.79 Å². The van der Waals surface area contributed by atoms with Crippen LogP contribution >= 0.6 is 0 Å². The fourth-order valence-electron chi connectivity index (χ4n) is 1.32. The number of hydrogen-bond donors (Lipinski definition) is 4. The number of benzene rings is 1. The van der Waals surface area contributed by atoms with Gasteiger partial charge < -0.3 is 20.4 Å². The van der Waals surface area contributed by atoms with Crippen LogP contribution in [0.3, 0.4) is 0 Å². The molecule has 0 aliphatic rings. The number of carboxylic acid groups (broad SMARTS) is 1. The highest BCUT2D eigenvalue weighted by atomic mass is 16.4. The molecular formula is C10H12O5. The van der Waals surface area contributed by atoms with E-state index in [1.807, 2.05) is 0 Å². The molecule has 0 aliphatic heterocycles. The highest BCUT2D eigenvalue weighted by Gasteiger charge is 2.20. The third-order valence-corrected chi connectivity index (χ3v) is 2.12. The van der Waals surface area contributed by atoms with Crippen molar-refractivity contribution in [1.82, 2.24) is 0 Å². The second-order valence-corrected chi connectivity index (χ2v) is 3.15. The van der Waals surface area contributed by atoms with Crippen molar-refractivity contribution in [3.63, 3.8) is 0 Å². The van der Waals surface area contributed by atoms with Crippen LogP contribution in [0.25, 0.3) is 0 Å². The Kier molecular flexibility index (Phi) is 3.51. The number of phenols is 2. The van der Waals surface area contributed by atoms with Crippen LogP contribution in [0.2, 0.25) is 0 Å². The zero-order chi connectivity index (χ0) is 11.4. The second-order valence-electron chi connectivity index (χ2n) is 3.15. The third-order valence-electron chi connectivity index (χ3n) is 2.12. The fraction of sp³-hybridized carbons (Fsp3) is 0.300. The summed E-state index contributed by atoms with van der Waals surface area (Å²) in [4.78, 5) is 10.8. The lowest BCUT2D eigenvalue weighted by Crippen LogP contribution is -2.13. The van der Waals surface area contributed by atoms with Crippen LogP contribution in [-0.4, -0.2) is 33.0 Å². The quantitative estimate of drug-likeness (QED) is 0.549. The van der Waals surface area contributed by atoms with Gasteiger partial charge in [0.25, 0.3) is 0 Å². The molecule has 15 heavy (non-hydrogen) atoms. The third kappa shape index (κ3) is 2.60. The highest BCUT2D eigenvalue weighted by Crippen LogP contribution is 2.29. The molecule has 1 aromatic rings. The van der Waals surface area contributed by atoms with Crippen molar-refractivity contribution in [3.05, 3.63) is 23.8 Å². The molecule has 0 radical (unpaired) electrons.